The zero-order valence-electron chi connectivity index (χ0n) is 10.6. The van der Waals surface area contributed by atoms with E-state index in [1.54, 1.807) is 4.72 Å². The van der Waals surface area contributed by atoms with Crippen LogP contribution in [0.3, 0.4) is 0 Å². The fourth-order valence-electron chi connectivity index (χ4n) is 2.24. The molecule has 1 aliphatic rings. The Labute approximate surface area is 134 Å². The van der Waals surface area contributed by atoms with Crippen molar-refractivity contribution in [3.05, 3.63) is 0 Å². The summed E-state index contributed by atoms with van der Waals surface area (Å²) >= 11 is 0. The predicted octanol–water partition coefficient (Wildman–Crippen LogP) is -0.418. The summed E-state index contributed by atoms with van der Waals surface area (Å²) in [6, 6.07) is 0. The molecule has 1 saturated carbocycles. The maximum absolute atomic E-state index is 11.5. The molecule has 0 aromatic carbocycles. The van der Waals surface area contributed by atoms with Gasteiger partial charge in [-0.15, -0.1) is 0 Å². The molecular weight excluding hydrogens is 331 g/mol. The van der Waals surface area contributed by atoms with Crippen LogP contribution in [0.25, 0.3) is 0 Å². The van der Waals surface area contributed by atoms with Crippen molar-refractivity contribution in [2.45, 2.75) is 25.7 Å². The second kappa shape index (κ2) is 8.58. The minimum Gasteiger partial charge on any atom is -0.519 e. The molecule has 8 heteroatoms. The third kappa shape index (κ3) is 5.61. The molecule has 1 amide bonds. The van der Waals surface area contributed by atoms with Crippen LogP contribution in [0, 0.1) is 11.8 Å². The van der Waals surface area contributed by atoms with Gasteiger partial charge in [-0.2, -0.15) is 19.1 Å². The molecule has 1 rings (SSSR count). The average Bonchev–Trinajstić information content (AvgIpc) is 2.30. The van der Waals surface area contributed by atoms with Crippen LogP contribution in [0.15, 0.2) is 0 Å². The smallest absolute Gasteiger partial charge is 0.519 e. The molecule has 0 aromatic heterocycles. The van der Waals surface area contributed by atoms with Crippen molar-refractivity contribution in [3.8, 4) is 0 Å². The molecule has 1 fully saturated rings. The topological polar surface area (TPSA) is 92.5 Å². The van der Waals surface area contributed by atoms with E-state index >= 15 is 0 Å². The van der Waals surface area contributed by atoms with Crippen molar-refractivity contribution >= 4 is 16.6 Å². The largest absolute Gasteiger partial charge is 3.00 e. The van der Waals surface area contributed by atoms with Gasteiger partial charge in [-0.25, -0.2) is 0 Å². The van der Waals surface area contributed by atoms with E-state index in [1.807, 2.05) is 0 Å². The molecule has 18 heavy (non-hydrogen) atoms. The number of hydrogen-bond donors (Lipinski definition) is 2. The van der Waals surface area contributed by atoms with Gasteiger partial charge in [0.05, 0.1) is 0 Å². The molecule has 0 heterocycles. The van der Waals surface area contributed by atoms with Crippen LogP contribution in [0.1, 0.15) is 25.7 Å². The zero-order chi connectivity index (χ0) is 12.9. The molecule has 0 bridgehead atoms. The van der Waals surface area contributed by atoms with Crippen LogP contribution in [0.5, 0.6) is 0 Å². The van der Waals surface area contributed by atoms with E-state index in [-0.39, 0.29) is 32.7 Å². The van der Waals surface area contributed by atoms with E-state index in [0.29, 0.717) is 24.9 Å². The first-order valence-corrected chi connectivity index (χ1v) is 7.24. The van der Waals surface area contributed by atoms with E-state index in [1.165, 1.54) is 17.8 Å². The first-order chi connectivity index (χ1) is 7.99. The Bertz CT molecular complexity index is 342. The van der Waals surface area contributed by atoms with Gasteiger partial charge >= 0.3 is 32.7 Å². The number of amides is 1. The van der Waals surface area contributed by atoms with Gasteiger partial charge in [-0.3, -0.25) is 0 Å². The molecule has 0 radical (unpaired) electrons. The first kappa shape index (κ1) is 18.4. The average molecular weight is 351 g/mol. The summed E-state index contributed by atoms with van der Waals surface area (Å²) in [5.74, 6) is 0.931. The van der Waals surface area contributed by atoms with Gasteiger partial charge in [0.15, 0.2) is 0 Å². The first-order valence-electron chi connectivity index (χ1n) is 5.80. The SMILES string of the molecule is CN(CC1CCC(CN)CC1)S(=O)(=O)N[C-]=O.[Y+3]. The van der Waals surface area contributed by atoms with Crippen LogP contribution < -0.4 is 10.5 Å². The van der Waals surface area contributed by atoms with Crippen LogP contribution in [0.4, 0.5) is 0 Å². The molecule has 3 N–H and O–H groups in total. The number of carbonyl (C=O) groups excluding carboxylic acids is 1. The van der Waals surface area contributed by atoms with Gasteiger partial charge in [0.1, 0.15) is 0 Å². The van der Waals surface area contributed by atoms with Crippen molar-refractivity contribution in [2.75, 3.05) is 20.1 Å². The van der Waals surface area contributed by atoms with Gasteiger partial charge in [-0.05, 0) is 44.1 Å². The molecular formula is C10H20N3O3SY+2. The standard InChI is InChI=1S/C10H20N3O3S.Y/c1-13(17(15,16)12-8-14)7-10-4-2-9(6-11)3-5-10;/h9-10H,2-7,11H2,1H3,(H,12,14);/q-1;+3. The second-order valence-corrected chi connectivity index (χ2v) is 6.39. The number of nitrogens with one attached hydrogen (secondary N) is 1. The molecule has 0 aliphatic heterocycles. The van der Waals surface area contributed by atoms with Gasteiger partial charge < -0.3 is 15.3 Å². The number of hydrogen-bond acceptors (Lipinski definition) is 4. The van der Waals surface area contributed by atoms with Crippen molar-refractivity contribution in [1.29, 1.82) is 0 Å². The van der Waals surface area contributed by atoms with Crippen LogP contribution in [0.2, 0.25) is 0 Å². The minimum absolute atomic E-state index is 0. The van der Waals surface area contributed by atoms with Gasteiger partial charge in [0, 0.05) is 13.6 Å². The number of rotatable bonds is 6. The fourth-order valence-corrected chi connectivity index (χ4v) is 2.91. The Kier molecular flexibility index (Phi) is 8.79. The summed E-state index contributed by atoms with van der Waals surface area (Å²) in [5, 5.41) is 0. The number of nitrogens with zero attached hydrogens (tertiary/aromatic N) is 1. The summed E-state index contributed by atoms with van der Waals surface area (Å²) < 4.78 is 25.8. The molecule has 0 spiro atoms. The Morgan fingerprint density at radius 3 is 2.22 bits per heavy atom. The normalized spacial score (nSPS) is 24.4. The van der Waals surface area contributed by atoms with Crippen molar-refractivity contribution < 1.29 is 45.9 Å². The summed E-state index contributed by atoms with van der Waals surface area (Å²) in [6.07, 6.45) is 5.30. The monoisotopic (exact) mass is 351 g/mol. The van der Waals surface area contributed by atoms with E-state index in [2.05, 4.69) is 0 Å². The maximum Gasteiger partial charge on any atom is 3.00 e. The van der Waals surface area contributed by atoms with Crippen LogP contribution >= 0.6 is 0 Å². The van der Waals surface area contributed by atoms with Crippen molar-refractivity contribution in [2.24, 2.45) is 17.6 Å². The molecule has 0 saturated heterocycles. The molecule has 1 aliphatic carbocycles. The molecule has 6 nitrogen and oxygen atoms in total. The third-order valence-electron chi connectivity index (χ3n) is 3.40. The zero-order valence-corrected chi connectivity index (χ0v) is 14.3. The minimum atomic E-state index is -3.69. The Hall–Kier alpha value is 0.444. The number of nitrogens with two attached hydrogens (primary N) is 1. The molecule has 0 atom stereocenters. The molecule has 0 unspecified atom stereocenters. The van der Waals surface area contributed by atoms with E-state index in [0.717, 1.165) is 25.7 Å². The molecule has 100 valence electrons. The fraction of sp³-hybridized carbons (Fsp3) is 0.900. The summed E-state index contributed by atoms with van der Waals surface area (Å²) in [6.45, 7) is 1.15. The van der Waals surface area contributed by atoms with Gasteiger partial charge in [0.25, 0.3) is 10.2 Å². The summed E-state index contributed by atoms with van der Waals surface area (Å²) in [7, 11) is -2.23. The Balaban J connectivity index is 0.00000289. The van der Waals surface area contributed by atoms with Gasteiger partial charge in [-0.1, -0.05) is 0 Å². The quantitative estimate of drug-likeness (QED) is 0.502. The maximum atomic E-state index is 11.5. The predicted molar refractivity (Wildman–Crippen MR) is 64.9 cm³/mol. The van der Waals surface area contributed by atoms with E-state index < -0.39 is 10.2 Å². The Morgan fingerprint density at radius 1 is 1.28 bits per heavy atom. The van der Waals surface area contributed by atoms with E-state index in [4.69, 9.17) is 5.73 Å². The third-order valence-corrected chi connectivity index (χ3v) is 4.71. The Morgan fingerprint density at radius 2 is 1.78 bits per heavy atom. The van der Waals surface area contributed by atoms with Gasteiger partial charge in [0.2, 0.25) is 0 Å². The van der Waals surface area contributed by atoms with Crippen molar-refractivity contribution in [3.63, 3.8) is 0 Å². The van der Waals surface area contributed by atoms with E-state index in [9.17, 15) is 13.2 Å². The van der Waals surface area contributed by atoms with Crippen LogP contribution in [-0.4, -0.2) is 39.3 Å². The van der Waals surface area contributed by atoms with Crippen LogP contribution in [-0.2, 0) is 47.7 Å². The second-order valence-electron chi connectivity index (χ2n) is 4.61. The molecule has 0 aromatic rings. The van der Waals surface area contributed by atoms with Crippen molar-refractivity contribution in [1.82, 2.24) is 9.03 Å². The summed E-state index contributed by atoms with van der Waals surface area (Å²) in [5.41, 5.74) is 5.60. The summed E-state index contributed by atoms with van der Waals surface area (Å²) in [4.78, 5) is 10.0.